The average molecular weight is 485 g/mol. The summed E-state index contributed by atoms with van der Waals surface area (Å²) in [4.78, 5) is 0. The second-order valence-electron chi connectivity index (χ2n) is 9.96. The van der Waals surface area contributed by atoms with Gasteiger partial charge < -0.3 is 9.84 Å². The van der Waals surface area contributed by atoms with E-state index in [0.29, 0.717) is 50.0 Å². The molecule has 0 heterocycles. The summed E-state index contributed by atoms with van der Waals surface area (Å²) in [7, 11) is 0. The van der Waals surface area contributed by atoms with E-state index in [-0.39, 0.29) is 35.2 Å². The van der Waals surface area contributed by atoms with Gasteiger partial charge in [-0.25, -0.2) is 13.2 Å². The van der Waals surface area contributed by atoms with Gasteiger partial charge in [-0.1, -0.05) is 36.4 Å². The molecule has 0 bridgehead atoms. The van der Waals surface area contributed by atoms with Gasteiger partial charge in [-0.15, -0.1) is 6.58 Å². The quantitative estimate of drug-likeness (QED) is 0.303. The third-order valence-corrected chi connectivity index (χ3v) is 7.60. The smallest absolute Gasteiger partial charge is 0.166 e. The average Bonchev–Trinajstić information content (AvgIpc) is 2.86. The maximum Gasteiger partial charge on any atom is 0.166 e. The SMILES string of the molecule is C=CCCOc1ccc(C2CCC(/C=C/c3ccc(C4CCC(O)CC4)c(F)c3F)CC2)c(F)c1. The van der Waals surface area contributed by atoms with E-state index in [1.54, 1.807) is 24.3 Å². The molecule has 188 valence electrons. The predicted molar refractivity (Wildman–Crippen MR) is 134 cm³/mol. The largest absolute Gasteiger partial charge is 0.493 e. The van der Waals surface area contributed by atoms with Crippen LogP contribution >= 0.6 is 0 Å². The van der Waals surface area contributed by atoms with Gasteiger partial charge in [0.25, 0.3) is 0 Å². The minimum Gasteiger partial charge on any atom is -0.493 e. The van der Waals surface area contributed by atoms with Gasteiger partial charge in [0.2, 0.25) is 0 Å². The number of hydrogen-bond acceptors (Lipinski definition) is 2. The van der Waals surface area contributed by atoms with E-state index in [1.807, 2.05) is 18.2 Å². The van der Waals surface area contributed by atoms with Crippen LogP contribution in [-0.4, -0.2) is 17.8 Å². The molecule has 2 fully saturated rings. The minimum atomic E-state index is -0.795. The van der Waals surface area contributed by atoms with E-state index in [4.69, 9.17) is 4.74 Å². The monoisotopic (exact) mass is 484 g/mol. The van der Waals surface area contributed by atoms with Crippen molar-refractivity contribution >= 4 is 6.08 Å². The van der Waals surface area contributed by atoms with Gasteiger partial charge in [0, 0.05) is 11.6 Å². The van der Waals surface area contributed by atoms with Crippen LogP contribution < -0.4 is 4.74 Å². The Hall–Kier alpha value is -2.53. The van der Waals surface area contributed by atoms with Crippen molar-refractivity contribution in [2.45, 2.75) is 75.7 Å². The number of halogens is 3. The first-order valence-electron chi connectivity index (χ1n) is 12.8. The fourth-order valence-corrected chi connectivity index (χ4v) is 5.46. The van der Waals surface area contributed by atoms with Crippen molar-refractivity contribution < 1.29 is 23.0 Å². The predicted octanol–water partition coefficient (Wildman–Crippen LogP) is 8.06. The number of allylic oxidation sites excluding steroid dienone is 1. The van der Waals surface area contributed by atoms with Crippen LogP contribution in [0.5, 0.6) is 5.75 Å². The molecule has 0 aliphatic heterocycles. The lowest BCUT2D eigenvalue weighted by Crippen LogP contribution is -2.18. The Morgan fingerprint density at radius 2 is 1.51 bits per heavy atom. The van der Waals surface area contributed by atoms with Crippen molar-refractivity contribution in [2.24, 2.45) is 5.92 Å². The molecule has 0 unspecified atom stereocenters. The molecule has 5 heteroatoms. The molecule has 0 aromatic heterocycles. The van der Waals surface area contributed by atoms with Crippen molar-refractivity contribution in [2.75, 3.05) is 6.61 Å². The minimum absolute atomic E-state index is 0.0330. The normalized spacial score (nSPS) is 25.0. The molecule has 2 aliphatic carbocycles. The highest BCUT2D eigenvalue weighted by atomic mass is 19.2. The van der Waals surface area contributed by atoms with Gasteiger partial charge in [-0.3, -0.25) is 0 Å². The third kappa shape index (κ3) is 6.38. The highest BCUT2D eigenvalue weighted by molar-refractivity contribution is 5.52. The molecule has 0 atom stereocenters. The van der Waals surface area contributed by atoms with E-state index in [1.165, 1.54) is 6.07 Å². The Morgan fingerprint density at radius 3 is 2.20 bits per heavy atom. The van der Waals surface area contributed by atoms with Crippen LogP contribution in [0.25, 0.3) is 6.08 Å². The van der Waals surface area contributed by atoms with Crippen LogP contribution in [0.15, 0.2) is 49.1 Å². The Labute approximate surface area is 206 Å². The van der Waals surface area contributed by atoms with Gasteiger partial charge in [-0.05, 0) is 92.7 Å². The Balaban J connectivity index is 1.33. The summed E-state index contributed by atoms with van der Waals surface area (Å²) in [6.45, 7) is 4.13. The molecule has 4 rings (SSSR count). The Bertz CT molecular complexity index is 1030. The second-order valence-corrected chi connectivity index (χ2v) is 9.96. The van der Waals surface area contributed by atoms with Crippen LogP contribution in [-0.2, 0) is 0 Å². The second kappa shape index (κ2) is 11.9. The first-order chi connectivity index (χ1) is 17.0. The van der Waals surface area contributed by atoms with E-state index in [0.717, 1.165) is 31.2 Å². The molecule has 0 radical (unpaired) electrons. The number of aliphatic hydroxyl groups is 1. The molecule has 2 aromatic rings. The van der Waals surface area contributed by atoms with Crippen LogP contribution in [0.4, 0.5) is 13.2 Å². The lowest BCUT2D eigenvalue weighted by molar-refractivity contribution is 0.122. The van der Waals surface area contributed by atoms with E-state index < -0.39 is 11.6 Å². The zero-order valence-electron chi connectivity index (χ0n) is 20.2. The van der Waals surface area contributed by atoms with E-state index in [9.17, 15) is 18.3 Å². The van der Waals surface area contributed by atoms with Gasteiger partial charge in [0.05, 0.1) is 12.7 Å². The highest BCUT2D eigenvalue weighted by Crippen LogP contribution is 2.39. The number of ether oxygens (including phenoxy) is 1. The van der Waals surface area contributed by atoms with E-state index >= 15 is 0 Å². The Kier molecular flexibility index (Phi) is 8.72. The van der Waals surface area contributed by atoms with Crippen molar-refractivity contribution in [3.8, 4) is 5.75 Å². The molecule has 0 saturated heterocycles. The van der Waals surface area contributed by atoms with Crippen molar-refractivity contribution in [1.29, 1.82) is 0 Å². The lowest BCUT2D eigenvalue weighted by atomic mass is 9.78. The zero-order valence-corrected chi connectivity index (χ0v) is 20.2. The topological polar surface area (TPSA) is 29.5 Å². The maximum absolute atomic E-state index is 14.8. The summed E-state index contributed by atoms with van der Waals surface area (Å²) < 4.78 is 49.8. The summed E-state index contributed by atoms with van der Waals surface area (Å²) in [5.74, 6) is -0.867. The van der Waals surface area contributed by atoms with Crippen LogP contribution in [0, 0.1) is 23.4 Å². The maximum atomic E-state index is 14.8. The summed E-state index contributed by atoms with van der Waals surface area (Å²) >= 11 is 0. The summed E-state index contributed by atoms with van der Waals surface area (Å²) in [6, 6.07) is 8.47. The standard InChI is InChI=1S/C30H35F3O2/c1-2-3-18-35-25-15-17-26(28(31)19-25)21-7-4-20(5-8-21)6-9-23-12-16-27(30(33)29(23)32)22-10-13-24(34)14-11-22/h2,6,9,12,15-17,19-22,24,34H,1,3-5,7-8,10-11,13-14,18H2/b9-6+. The molecule has 0 spiro atoms. The van der Waals surface area contributed by atoms with Gasteiger partial charge in [0.15, 0.2) is 11.6 Å². The summed E-state index contributed by atoms with van der Waals surface area (Å²) in [6.07, 6.45) is 11.9. The molecule has 2 nitrogen and oxygen atoms in total. The molecular weight excluding hydrogens is 449 g/mol. The molecule has 1 N–H and O–H groups in total. The molecule has 2 saturated carbocycles. The van der Waals surface area contributed by atoms with Crippen molar-refractivity contribution in [3.05, 3.63) is 83.2 Å². The zero-order chi connectivity index (χ0) is 24.8. The lowest BCUT2D eigenvalue weighted by Gasteiger charge is -2.27. The highest BCUT2D eigenvalue weighted by Gasteiger charge is 2.26. The van der Waals surface area contributed by atoms with Crippen molar-refractivity contribution in [1.82, 2.24) is 0 Å². The number of rotatable bonds is 8. The fourth-order valence-electron chi connectivity index (χ4n) is 5.46. The first kappa shape index (κ1) is 25.6. The summed E-state index contributed by atoms with van der Waals surface area (Å²) in [5.41, 5.74) is 1.41. The van der Waals surface area contributed by atoms with Crippen molar-refractivity contribution in [3.63, 3.8) is 0 Å². The number of benzene rings is 2. The van der Waals surface area contributed by atoms with Crippen LogP contribution in [0.3, 0.4) is 0 Å². The number of aliphatic hydroxyl groups excluding tert-OH is 1. The van der Waals surface area contributed by atoms with E-state index in [2.05, 4.69) is 6.58 Å². The third-order valence-electron chi connectivity index (χ3n) is 7.60. The molecule has 35 heavy (non-hydrogen) atoms. The molecule has 2 aromatic carbocycles. The number of hydrogen-bond donors (Lipinski definition) is 1. The first-order valence-corrected chi connectivity index (χ1v) is 12.8. The van der Waals surface area contributed by atoms with Gasteiger partial charge in [0.1, 0.15) is 11.6 Å². The van der Waals surface area contributed by atoms with Crippen LogP contribution in [0.2, 0.25) is 0 Å². The fraction of sp³-hybridized carbons (Fsp3) is 0.467. The van der Waals surface area contributed by atoms with Gasteiger partial charge in [-0.2, -0.15) is 0 Å². The summed E-state index contributed by atoms with van der Waals surface area (Å²) in [5, 5.41) is 9.67. The molecular formula is C30H35F3O2. The van der Waals surface area contributed by atoms with Gasteiger partial charge >= 0.3 is 0 Å². The molecule has 0 amide bonds. The Morgan fingerprint density at radius 1 is 0.857 bits per heavy atom. The molecule has 2 aliphatic rings. The van der Waals surface area contributed by atoms with Crippen LogP contribution in [0.1, 0.15) is 86.3 Å².